The number of rotatable bonds is 4. The molecular formula is C18H14N4O2S. The number of benzene rings is 1. The Labute approximate surface area is 148 Å². The van der Waals surface area contributed by atoms with Crippen molar-refractivity contribution in [1.29, 1.82) is 5.26 Å². The highest BCUT2D eigenvalue weighted by atomic mass is 32.1. The number of pyridine rings is 1. The minimum absolute atomic E-state index is 0.128. The van der Waals surface area contributed by atoms with Gasteiger partial charge in [0.25, 0.3) is 0 Å². The second-order valence-corrected chi connectivity index (χ2v) is 6.04. The molecule has 3 rings (SSSR count). The number of carbonyl (C=O) groups is 1. The van der Waals surface area contributed by atoms with E-state index in [1.54, 1.807) is 18.3 Å². The van der Waals surface area contributed by atoms with Crippen LogP contribution < -0.4 is 10.1 Å². The number of nitrogens with zero attached hydrogens (tertiary/aromatic N) is 3. The zero-order valence-electron chi connectivity index (χ0n) is 13.6. The summed E-state index contributed by atoms with van der Waals surface area (Å²) >= 11 is 1.44. The maximum Gasteiger partial charge on any atom is 0.232 e. The fourth-order valence-corrected chi connectivity index (χ4v) is 3.04. The molecule has 1 aromatic carbocycles. The number of aromatic nitrogens is 2. The largest absolute Gasteiger partial charge is 0.480 e. The molecule has 0 unspecified atom stereocenters. The van der Waals surface area contributed by atoms with Crippen molar-refractivity contribution in [2.45, 2.75) is 6.92 Å². The van der Waals surface area contributed by atoms with Gasteiger partial charge in [0.1, 0.15) is 16.6 Å². The van der Waals surface area contributed by atoms with E-state index in [0.717, 1.165) is 10.6 Å². The number of methoxy groups -OCH3 is 1. The predicted octanol–water partition coefficient (Wildman–Crippen LogP) is 3.71. The molecule has 2 heterocycles. The predicted molar refractivity (Wildman–Crippen MR) is 96.4 cm³/mol. The number of anilines is 1. The lowest BCUT2D eigenvalue weighted by Crippen LogP contribution is -2.05. The van der Waals surface area contributed by atoms with E-state index in [2.05, 4.69) is 21.4 Å². The molecule has 0 fully saturated rings. The maximum atomic E-state index is 11.1. The molecule has 1 amide bonds. The van der Waals surface area contributed by atoms with Gasteiger partial charge in [0.2, 0.25) is 11.8 Å². The molecule has 0 aliphatic rings. The average Bonchev–Trinajstić information content (AvgIpc) is 3.15. The lowest BCUT2D eigenvalue weighted by molar-refractivity contribution is -0.114. The van der Waals surface area contributed by atoms with Crippen LogP contribution in [0, 0.1) is 11.3 Å². The van der Waals surface area contributed by atoms with Crippen LogP contribution in [0.2, 0.25) is 0 Å². The van der Waals surface area contributed by atoms with Crippen LogP contribution in [0.25, 0.3) is 21.8 Å². The number of hydrogen-bond acceptors (Lipinski definition) is 6. The van der Waals surface area contributed by atoms with E-state index in [0.29, 0.717) is 22.5 Å². The summed E-state index contributed by atoms with van der Waals surface area (Å²) in [5, 5.41) is 14.8. The Hall–Kier alpha value is -3.24. The zero-order valence-corrected chi connectivity index (χ0v) is 14.4. The van der Waals surface area contributed by atoms with E-state index >= 15 is 0 Å². The van der Waals surface area contributed by atoms with Gasteiger partial charge >= 0.3 is 0 Å². The third-order valence-electron chi connectivity index (χ3n) is 3.46. The van der Waals surface area contributed by atoms with Crippen LogP contribution in [0.15, 0.2) is 41.9 Å². The van der Waals surface area contributed by atoms with E-state index in [1.807, 2.05) is 23.6 Å². The van der Waals surface area contributed by atoms with Crippen LogP contribution in [0.1, 0.15) is 12.5 Å². The van der Waals surface area contributed by atoms with Gasteiger partial charge in [-0.05, 0) is 18.2 Å². The van der Waals surface area contributed by atoms with Gasteiger partial charge in [-0.15, -0.1) is 11.3 Å². The molecule has 0 aliphatic heterocycles. The van der Waals surface area contributed by atoms with E-state index in [4.69, 9.17) is 4.74 Å². The topological polar surface area (TPSA) is 87.9 Å². The van der Waals surface area contributed by atoms with Gasteiger partial charge in [0, 0.05) is 35.3 Å². The molecule has 0 bridgehead atoms. The van der Waals surface area contributed by atoms with E-state index < -0.39 is 0 Å². The maximum absolute atomic E-state index is 11.1. The molecule has 0 atom stereocenters. The Morgan fingerprint density at radius 1 is 1.32 bits per heavy atom. The van der Waals surface area contributed by atoms with Gasteiger partial charge in [-0.2, -0.15) is 5.26 Å². The summed E-state index contributed by atoms with van der Waals surface area (Å²) in [5.41, 5.74) is 3.25. The first-order valence-corrected chi connectivity index (χ1v) is 8.27. The minimum Gasteiger partial charge on any atom is -0.480 e. The Bertz CT molecular complexity index is 944. The smallest absolute Gasteiger partial charge is 0.232 e. The molecule has 0 aliphatic carbocycles. The standard InChI is InChI=1S/C18H14N4O2S/c1-11(23)21-13-5-3-12(4-6-13)16-9-14(18-20-7-8-25-18)15(10-19)17(22-16)24-2/h3-9H,1-2H3,(H,21,23). The highest BCUT2D eigenvalue weighted by Gasteiger charge is 2.17. The molecule has 2 aromatic heterocycles. The van der Waals surface area contributed by atoms with Crippen molar-refractivity contribution in [3.8, 4) is 33.8 Å². The summed E-state index contributed by atoms with van der Waals surface area (Å²) in [5.74, 6) is 0.133. The SMILES string of the molecule is COc1nc(-c2ccc(NC(C)=O)cc2)cc(-c2nccs2)c1C#N. The number of nitrogens with one attached hydrogen (secondary N) is 1. The number of nitriles is 1. The summed E-state index contributed by atoms with van der Waals surface area (Å²) in [6.45, 7) is 1.46. The molecule has 25 heavy (non-hydrogen) atoms. The first-order chi connectivity index (χ1) is 12.1. The molecule has 0 saturated heterocycles. The van der Waals surface area contributed by atoms with E-state index in [1.165, 1.54) is 25.4 Å². The number of carbonyl (C=O) groups excluding carboxylic acids is 1. The molecule has 3 aromatic rings. The van der Waals surface area contributed by atoms with E-state index in [-0.39, 0.29) is 11.8 Å². The second kappa shape index (κ2) is 7.11. The van der Waals surface area contributed by atoms with Gasteiger partial charge in [-0.3, -0.25) is 4.79 Å². The van der Waals surface area contributed by atoms with Crippen LogP contribution in [-0.2, 0) is 4.79 Å². The fourth-order valence-electron chi connectivity index (χ4n) is 2.38. The van der Waals surface area contributed by atoms with Crippen LogP contribution in [0.5, 0.6) is 5.88 Å². The fraction of sp³-hybridized carbons (Fsp3) is 0.111. The third-order valence-corrected chi connectivity index (χ3v) is 4.26. The first-order valence-electron chi connectivity index (χ1n) is 7.39. The highest BCUT2D eigenvalue weighted by Crippen LogP contribution is 2.34. The van der Waals surface area contributed by atoms with Crippen LogP contribution >= 0.6 is 11.3 Å². The van der Waals surface area contributed by atoms with Crippen molar-refractivity contribution < 1.29 is 9.53 Å². The van der Waals surface area contributed by atoms with Crippen molar-refractivity contribution >= 4 is 22.9 Å². The molecule has 0 radical (unpaired) electrons. The first kappa shape index (κ1) is 16.6. The molecular weight excluding hydrogens is 336 g/mol. The van der Waals surface area contributed by atoms with Gasteiger partial charge < -0.3 is 10.1 Å². The second-order valence-electron chi connectivity index (χ2n) is 5.15. The number of hydrogen-bond donors (Lipinski definition) is 1. The van der Waals surface area contributed by atoms with Gasteiger partial charge in [-0.1, -0.05) is 12.1 Å². The quantitative estimate of drug-likeness (QED) is 0.775. The third kappa shape index (κ3) is 3.49. The van der Waals surface area contributed by atoms with Crippen molar-refractivity contribution in [3.63, 3.8) is 0 Å². The summed E-state index contributed by atoms with van der Waals surface area (Å²) < 4.78 is 5.30. The Balaban J connectivity index is 2.09. The molecule has 6 nitrogen and oxygen atoms in total. The monoisotopic (exact) mass is 350 g/mol. The lowest BCUT2D eigenvalue weighted by atomic mass is 10.1. The molecule has 7 heteroatoms. The van der Waals surface area contributed by atoms with Gasteiger partial charge in [0.05, 0.1) is 12.8 Å². The molecule has 0 saturated carbocycles. The summed E-state index contributed by atoms with van der Waals surface area (Å²) in [4.78, 5) is 19.8. The summed E-state index contributed by atoms with van der Waals surface area (Å²) in [6, 6.07) is 11.3. The van der Waals surface area contributed by atoms with Crippen LogP contribution in [0.4, 0.5) is 5.69 Å². The normalized spacial score (nSPS) is 10.1. The van der Waals surface area contributed by atoms with Crippen LogP contribution in [-0.4, -0.2) is 23.0 Å². The number of ether oxygens (including phenoxy) is 1. The van der Waals surface area contributed by atoms with Crippen LogP contribution in [0.3, 0.4) is 0 Å². The van der Waals surface area contributed by atoms with Gasteiger partial charge in [-0.25, -0.2) is 9.97 Å². The zero-order chi connectivity index (χ0) is 17.8. The molecule has 124 valence electrons. The van der Waals surface area contributed by atoms with Crippen molar-refractivity contribution in [2.24, 2.45) is 0 Å². The van der Waals surface area contributed by atoms with E-state index in [9.17, 15) is 10.1 Å². The van der Waals surface area contributed by atoms with Crippen molar-refractivity contribution in [2.75, 3.05) is 12.4 Å². The van der Waals surface area contributed by atoms with Crippen molar-refractivity contribution in [1.82, 2.24) is 9.97 Å². The summed E-state index contributed by atoms with van der Waals surface area (Å²) in [6.07, 6.45) is 1.69. The Kier molecular flexibility index (Phi) is 4.73. The minimum atomic E-state index is -0.128. The number of thiazole rings is 1. The highest BCUT2D eigenvalue weighted by molar-refractivity contribution is 7.13. The average molecular weight is 350 g/mol. The lowest BCUT2D eigenvalue weighted by Gasteiger charge is -2.10. The van der Waals surface area contributed by atoms with Gasteiger partial charge in [0.15, 0.2) is 0 Å². The van der Waals surface area contributed by atoms with Crippen molar-refractivity contribution in [3.05, 3.63) is 47.5 Å². The Morgan fingerprint density at radius 3 is 2.64 bits per heavy atom. The number of amides is 1. The molecule has 1 N–H and O–H groups in total. The Morgan fingerprint density at radius 2 is 2.08 bits per heavy atom. The summed E-state index contributed by atoms with van der Waals surface area (Å²) in [7, 11) is 1.48. The molecule has 0 spiro atoms.